The fourth-order valence-electron chi connectivity index (χ4n) is 8.21. The molecular formula is C27H48O3Si. The Hall–Kier alpha value is -0.163. The molecule has 4 aliphatic rings. The van der Waals surface area contributed by atoms with Gasteiger partial charge in [-0.05, 0) is 116 Å². The summed E-state index contributed by atoms with van der Waals surface area (Å²) in [6.07, 6.45) is 13.1. The molecule has 178 valence electrons. The van der Waals surface area contributed by atoms with Crippen LogP contribution in [-0.4, -0.2) is 25.8 Å². The Bertz CT molecular complexity index is 710. The van der Waals surface area contributed by atoms with Gasteiger partial charge in [-0.2, -0.15) is 0 Å². The molecule has 31 heavy (non-hydrogen) atoms. The van der Waals surface area contributed by atoms with Crippen LogP contribution in [0.25, 0.3) is 0 Å². The molecule has 0 saturated heterocycles. The predicted molar refractivity (Wildman–Crippen MR) is 130 cm³/mol. The fourth-order valence-corrected chi connectivity index (χ4v) is 9.61. The third-order valence-corrected chi connectivity index (χ3v) is 15.7. The minimum Gasteiger partial charge on any atom is -0.414 e. The number of allylic oxidation sites excluding steroid dienone is 1. The molecule has 3 saturated carbocycles. The van der Waals surface area contributed by atoms with E-state index in [0.717, 1.165) is 23.7 Å². The highest BCUT2D eigenvalue weighted by Gasteiger charge is 2.59. The number of fused-ring (bicyclic) bond motifs is 5. The first-order valence-electron chi connectivity index (χ1n) is 13.0. The van der Waals surface area contributed by atoms with Crippen molar-refractivity contribution in [3.8, 4) is 0 Å². The van der Waals surface area contributed by atoms with Gasteiger partial charge in [-0.25, -0.2) is 4.89 Å². The second kappa shape index (κ2) is 7.96. The zero-order chi connectivity index (χ0) is 22.8. The van der Waals surface area contributed by atoms with Crippen LogP contribution in [0.4, 0.5) is 0 Å². The van der Waals surface area contributed by atoms with Gasteiger partial charge in [0.2, 0.25) is 0 Å². The Morgan fingerprint density at radius 3 is 2.42 bits per heavy atom. The summed E-state index contributed by atoms with van der Waals surface area (Å²) >= 11 is 0. The average molecular weight is 449 g/mol. The summed E-state index contributed by atoms with van der Waals surface area (Å²) in [5.41, 5.74) is 2.06. The van der Waals surface area contributed by atoms with Crippen LogP contribution in [0.3, 0.4) is 0 Å². The van der Waals surface area contributed by atoms with E-state index in [2.05, 4.69) is 53.8 Å². The molecule has 3 nitrogen and oxygen atoms in total. The summed E-state index contributed by atoms with van der Waals surface area (Å²) in [5, 5.41) is 9.63. The largest absolute Gasteiger partial charge is 0.414 e. The van der Waals surface area contributed by atoms with Crippen molar-refractivity contribution in [2.45, 2.75) is 123 Å². The highest BCUT2D eigenvalue weighted by Crippen LogP contribution is 2.66. The van der Waals surface area contributed by atoms with Gasteiger partial charge < -0.3 is 4.43 Å². The third-order valence-electron chi connectivity index (χ3n) is 11.1. The van der Waals surface area contributed by atoms with E-state index < -0.39 is 8.32 Å². The molecule has 0 bridgehead atoms. The predicted octanol–water partition coefficient (Wildman–Crippen LogP) is 7.83. The summed E-state index contributed by atoms with van der Waals surface area (Å²) in [7, 11) is -1.70. The Labute approximate surface area is 192 Å². The highest BCUT2D eigenvalue weighted by molar-refractivity contribution is 6.74. The Kier molecular flexibility index (Phi) is 6.16. The van der Waals surface area contributed by atoms with Crippen LogP contribution in [0.5, 0.6) is 0 Å². The first kappa shape index (κ1) is 24.0. The lowest BCUT2D eigenvalue weighted by Crippen LogP contribution is -2.55. The van der Waals surface area contributed by atoms with Crippen LogP contribution >= 0.6 is 0 Å². The highest BCUT2D eigenvalue weighted by atomic mass is 28.4. The molecule has 4 aliphatic carbocycles. The Balaban J connectivity index is 1.48. The molecule has 8 atom stereocenters. The van der Waals surface area contributed by atoms with Crippen LogP contribution in [0, 0.1) is 34.5 Å². The van der Waals surface area contributed by atoms with Crippen molar-refractivity contribution in [3.63, 3.8) is 0 Å². The zero-order valence-corrected chi connectivity index (χ0v) is 22.5. The molecular weight excluding hydrogens is 400 g/mol. The van der Waals surface area contributed by atoms with Gasteiger partial charge in [0.15, 0.2) is 8.32 Å². The van der Waals surface area contributed by atoms with Crippen molar-refractivity contribution in [1.82, 2.24) is 0 Å². The maximum atomic E-state index is 9.33. The minimum absolute atomic E-state index is 0.165. The van der Waals surface area contributed by atoms with Crippen LogP contribution in [0.15, 0.2) is 11.6 Å². The van der Waals surface area contributed by atoms with Crippen molar-refractivity contribution in [2.24, 2.45) is 34.5 Å². The molecule has 0 aromatic rings. The topological polar surface area (TPSA) is 38.7 Å². The molecule has 1 N–H and O–H groups in total. The monoisotopic (exact) mass is 448 g/mol. The lowest BCUT2D eigenvalue weighted by molar-refractivity contribution is -0.267. The van der Waals surface area contributed by atoms with Crippen molar-refractivity contribution in [2.75, 3.05) is 0 Å². The molecule has 0 radical (unpaired) electrons. The van der Waals surface area contributed by atoms with E-state index in [0.29, 0.717) is 16.6 Å². The molecule has 4 heteroatoms. The SMILES string of the molecule is C[C@H](OO)C1=CC[C@H]2[C@@H]3CC[C@H]4C[C@@H](O[Si](C)(C)C(C)(C)C)CC[C@]4(C)[C@H]3CC[C@]12C. The lowest BCUT2D eigenvalue weighted by Gasteiger charge is -2.61. The van der Waals surface area contributed by atoms with Gasteiger partial charge >= 0.3 is 0 Å². The molecule has 0 unspecified atom stereocenters. The molecule has 0 spiro atoms. The number of rotatable bonds is 4. The lowest BCUT2D eigenvalue weighted by atomic mass is 9.44. The van der Waals surface area contributed by atoms with Crippen molar-refractivity contribution in [3.05, 3.63) is 11.6 Å². The first-order valence-corrected chi connectivity index (χ1v) is 15.9. The van der Waals surface area contributed by atoms with E-state index in [1.807, 2.05) is 6.92 Å². The Morgan fingerprint density at radius 1 is 1.06 bits per heavy atom. The molecule has 0 amide bonds. The first-order chi connectivity index (χ1) is 14.3. The van der Waals surface area contributed by atoms with Crippen molar-refractivity contribution < 1.29 is 14.6 Å². The van der Waals surface area contributed by atoms with Gasteiger partial charge in [0.1, 0.15) is 6.10 Å². The maximum absolute atomic E-state index is 9.33. The minimum atomic E-state index is -1.70. The van der Waals surface area contributed by atoms with E-state index in [1.165, 1.54) is 56.9 Å². The fraction of sp³-hybridized carbons (Fsp3) is 0.926. The third kappa shape index (κ3) is 3.82. The average Bonchev–Trinajstić information content (AvgIpc) is 3.04. The van der Waals surface area contributed by atoms with E-state index in [9.17, 15) is 5.26 Å². The summed E-state index contributed by atoms with van der Waals surface area (Å²) in [5.74, 6) is 3.25. The van der Waals surface area contributed by atoms with E-state index in [4.69, 9.17) is 9.31 Å². The van der Waals surface area contributed by atoms with Crippen molar-refractivity contribution >= 4 is 8.32 Å². The second-order valence-corrected chi connectivity index (χ2v) is 18.3. The van der Waals surface area contributed by atoms with Gasteiger partial charge in [0.25, 0.3) is 0 Å². The number of hydrogen-bond acceptors (Lipinski definition) is 3. The van der Waals surface area contributed by atoms with E-state index in [1.54, 1.807) is 0 Å². The summed E-state index contributed by atoms with van der Waals surface area (Å²) in [6, 6.07) is 0. The van der Waals surface area contributed by atoms with E-state index >= 15 is 0 Å². The normalized spacial score (nSPS) is 44.2. The van der Waals surface area contributed by atoms with Crippen molar-refractivity contribution in [1.29, 1.82) is 0 Å². The summed E-state index contributed by atoms with van der Waals surface area (Å²) < 4.78 is 6.90. The zero-order valence-electron chi connectivity index (χ0n) is 21.5. The van der Waals surface area contributed by atoms with Crippen LogP contribution in [-0.2, 0) is 9.31 Å². The smallest absolute Gasteiger partial charge is 0.192 e. The standard InChI is InChI=1S/C27H48O3Si/c1-18(29-28)22-11-12-23-21-10-9-19-17-20(30-31(7,8)25(2,3)4)13-15-26(19,5)24(21)14-16-27(22,23)6/h11,18-21,23-24,28H,9-10,12-17H2,1-8H3/t18-,19-,20-,21-,23-,24-,26-,27+/m0/s1. The van der Waals surface area contributed by atoms with Crippen LogP contribution in [0.2, 0.25) is 18.1 Å². The second-order valence-electron chi connectivity index (χ2n) is 13.5. The molecule has 4 rings (SSSR count). The summed E-state index contributed by atoms with van der Waals surface area (Å²) in [6.45, 7) is 19.0. The van der Waals surface area contributed by atoms with Gasteiger partial charge in [-0.3, -0.25) is 5.26 Å². The summed E-state index contributed by atoms with van der Waals surface area (Å²) in [4.78, 5) is 4.79. The van der Waals surface area contributed by atoms with Crippen LogP contribution < -0.4 is 0 Å². The molecule has 0 heterocycles. The quantitative estimate of drug-likeness (QED) is 0.206. The molecule has 0 aromatic heterocycles. The van der Waals surface area contributed by atoms with Gasteiger partial charge in [-0.15, -0.1) is 0 Å². The molecule has 0 aliphatic heterocycles. The van der Waals surface area contributed by atoms with Gasteiger partial charge in [0, 0.05) is 6.10 Å². The Morgan fingerprint density at radius 2 is 1.77 bits per heavy atom. The van der Waals surface area contributed by atoms with Gasteiger partial charge in [0.05, 0.1) is 0 Å². The molecule has 3 fully saturated rings. The number of hydrogen-bond donors (Lipinski definition) is 1. The van der Waals surface area contributed by atoms with Crippen LogP contribution in [0.1, 0.15) is 92.9 Å². The maximum Gasteiger partial charge on any atom is 0.192 e. The van der Waals surface area contributed by atoms with E-state index in [-0.39, 0.29) is 11.5 Å². The van der Waals surface area contributed by atoms with Gasteiger partial charge in [-0.1, -0.05) is 40.7 Å². The molecule has 0 aromatic carbocycles.